The summed E-state index contributed by atoms with van der Waals surface area (Å²) in [7, 11) is -2.20. The fourth-order valence-corrected chi connectivity index (χ4v) is 7.48. The van der Waals surface area contributed by atoms with Crippen LogP contribution in [0.1, 0.15) is 57.8 Å². The van der Waals surface area contributed by atoms with Gasteiger partial charge in [0.1, 0.15) is 29.6 Å². The largest absolute Gasteiger partial charge is 0.473 e. The second-order valence-electron chi connectivity index (χ2n) is 12.4. The van der Waals surface area contributed by atoms with Gasteiger partial charge in [0.05, 0.1) is 17.9 Å². The number of hydrogen-bond donors (Lipinski definition) is 2. The van der Waals surface area contributed by atoms with E-state index < -0.39 is 68.4 Å². The van der Waals surface area contributed by atoms with Crippen LogP contribution < -0.4 is 14.8 Å². The molecular weight excluding hydrogens is 572 g/mol. The Morgan fingerprint density at radius 3 is 2.48 bits per heavy atom. The van der Waals surface area contributed by atoms with Crippen LogP contribution >= 0.6 is 0 Å². The van der Waals surface area contributed by atoms with Gasteiger partial charge in [-0.25, -0.2) is 21.9 Å². The number of ether oxygens (including phenoxy) is 1. The zero-order chi connectivity index (χ0) is 30.0. The van der Waals surface area contributed by atoms with E-state index >= 15 is 0 Å². The van der Waals surface area contributed by atoms with E-state index in [1.807, 2.05) is 6.07 Å². The van der Waals surface area contributed by atoms with Crippen LogP contribution in [0.3, 0.4) is 0 Å². The second-order valence-corrected chi connectivity index (χ2v) is 14.4. The molecule has 0 bridgehead atoms. The minimum Gasteiger partial charge on any atom is -0.473 e. The maximum atomic E-state index is 14.3. The number of anilines is 1. The molecule has 4 fully saturated rings. The van der Waals surface area contributed by atoms with Gasteiger partial charge in [0.25, 0.3) is 5.91 Å². The van der Waals surface area contributed by atoms with Crippen molar-refractivity contribution >= 4 is 33.4 Å². The fraction of sp³-hybridized carbons (Fsp3) is 0.643. The van der Waals surface area contributed by atoms with E-state index in [4.69, 9.17) is 4.74 Å². The molecule has 42 heavy (non-hydrogen) atoms. The van der Waals surface area contributed by atoms with E-state index in [1.165, 1.54) is 16.8 Å². The monoisotopic (exact) mass is 605 g/mol. The van der Waals surface area contributed by atoms with Crippen molar-refractivity contribution in [1.29, 1.82) is 5.26 Å². The highest BCUT2D eigenvalue weighted by Crippen LogP contribution is 2.43. The summed E-state index contributed by atoms with van der Waals surface area (Å²) in [6, 6.07) is 0.456. The molecule has 226 valence electrons. The highest BCUT2D eigenvalue weighted by molar-refractivity contribution is 7.90. The van der Waals surface area contributed by atoms with E-state index in [2.05, 4.69) is 10.0 Å². The van der Waals surface area contributed by atoms with E-state index in [1.54, 1.807) is 0 Å². The number of carbonyl (C=O) groups is 3. The number of sulfonamides is 1. The van der Waals surface area contributed by atoms with Crippen LogP contribution in [0, 0.1) is 34.8 Å². The lowest BCUT2D eigenvalue weighted by atomic mass is 9.97. The van der Waals surface area contributed by atoms with Crippen LogP contribution in [0.5, 0.6) is 5.75 Å². The fourth-order valence-electron chi connectivity index (χ4n) is 5.94. The number of benzene rings is 1. The first-order valence-corrected chi connectivity index (χ1v) is 15.9. The van der Waals surface area contributed by atoms with Crippen LogP contribution in [0.4, 0.5) is 14.5 Å². The molecule has 6 rings (SSSR count). The number of likely N-dealkylation sites (N-methyl/N-ethyl adjacent to an activating group) is 1. The third-order valence-electron chi connectivity index (χ3n) is 8.92. The van der Waals surface area contributed by atoms with E-state index in [0.717, 1.165) is 31.7 Å². The molecule has 2 aliphatic heterocycles. The maximum Gasteiger partial charge on any atom is 0.270 e. The SMILES string of the molecule is CN(C(=O)[C@H](CC1CC1)NS(=O)(=O)C1CC1)[C@@H](CC1CC1)C(=O)N1C[C@@]2(C[C@H]1C#N)Oc1cc(F)cc(F)c1NC2=O. The number of nitriles is 1. The van der Waals surface area contributed by atoms with Crippen LogP contribution in [-0.2, 0) is 24.4 Å². The van der Waals surface area contributed by atoms with Crippen molar-refractivity contribution in [2.75, 3.05) is 18.9 Å². The normalized spacial score (nSPS) is 26.6. The summed E-state index contributed by atoms with van der Waals surface area (Å²) >= 11 is 0. The van der Waals surface area contributed by atoms with Gasteiger partial charge in [-0.2, -0.15) is 5.26 Å². The van der Waals surface area contributed by atoms with E-state index in [0.29, 0.717) is 31.7 Å². The van der Waals surface area contributed by atoms with Gasteiger partial charge >= 0.3 is 0 Å². The molecule has 11 nitrogen and oxygen atoms in total. The van der Waals surface area contributed by atoms with Gasteiger partial charge < -0.3 is 19.9 Å². The smallest absolute Gasteiger partial charge is 0.270 e. The third-order valence-corrected chi connectivity index (χ3v) is 10.9. The summed E-state index contributed by atoms with van der Waals surface area (Å²) in [6.45, 7) is -0.365. The number of hydrogen-bond acceptors (Lipinski definition) is 7. The van der Waals surface area contributed by atoms with Gasteiger partial charge in [-0.15, -0.1) is 0 Å². The van der Waals surface area contributed by atoms with Crippen molar-refractivity contribution in [3.63, 3.8) is 0 Å². The van der Waals surface area contributed by atoms with Gasteiger partial charge in [-0.05, 0) is 37.5 Å². The van der Waals surface area contributed by atoms with Crippen molar-refractivity contribution < 1.29 is 36.3 Å². The molecule has 2 N–H and O–H groups in total. The van der Waals surface area contributed by atoms with Crippen LogP contribution in [-0.4, -0.2) is 78.5 Å². The molecule has 3 saturated carbocycles. The molecule has 1 aromatic rings. The van der Waals surface area contributed by atoms with Crippen molar-refractivity contribution in [2.24, 2.45) is 11.8 Å². The summed E-state index contributed by atoms with van der Waals surface area (Å²) in [6.07, 6.45) is 5.07. The molecule has 5 aliphatic rings. The minimum atomic E-state index is -3.67. The third kappa shape index (κ3) is 5.56. The Balaban J connectivity index is 1.25. The van der Waals surface area contributed by atoms with Crippen LogP contribution in [0.2, 0.25) is 0 Å². The number of fused-ring (bicyclic) bond motifs is 1. The molecule has 0 unspecified atom stereocenters. The topological polar surface area (TPSA) is 149 Å². The van der Waals surface area contributed by atoms with Gasteiger partial charge in [0.2, 0.25) is 27.4 Å². The molecule has 0 radical (unpaired) electrons. The maximum absolute atomic E-state index is 14.3. The Hall–Kier alpha value is -3.31. The Kier molecular flexibility index (Phi) is 7.16. The molecule has 3 aliphatic carbocycles. The van der Waals surface area contributed by atoms with Gasteiger partial charge in [-0.1, -0.05) is 25.7 Å². The van der Waals surface area contributed by atoms with E-state index in [9.17, 15) is 36.8 Å². The lowest BCUT2D eigenvalue weighted by Gasteiger charge is -2.36. The summed E-state index contributed by atoms with van der Waals surface area (Å²) in [5, 5.41) is 11.9. The molecular formula is C28H33F2N5O6S. The average molecular weight is 606 g/mol. The van der Waals surface area contributed by atoms with Crippen LogP contribution in [0.15, 0.2) is 12.1 Å². The van der Waals surface area contributed by atoms with E-state index in [-0.39, 0.29) is 36.2 Å². The van der Waals surface area contributed by atoms with Gasteiger partial charge in [0.15, 0.2) is 11.6 Å². The Labute approximate surface area is 242 Å². The molecule has 14 heteroatoms. The zero-order valence-corrected chi connectivity index (χ0v) is 24.0. The predicted molar refractivity (Wildman–Crippen MR) is 144 cm³/mol. The standard InChI is InChI=1S/C28H33F2N5O6S/c1-34(25(36)21(8-15-2-3-15)33-42(39,40)19-6-7-19)22(9-16-4-5-16)26(37)35-14-28(12-18(35)13-31)27(38)32-24-20(30)10-17(29)11-23(24)41-28/h10-11,15-16,18-19,21-22,33H,2-9,12,14H2,1H3,(H,32,38)/t18-,21-,22-,28+/m0/s1. The first-order chi connectivity index (χ1) is 19.9. The summed E-state index contributed by atoms with van der Waals surface area (Å²) in [5.41, 5.74) is -2.08. The second kappa shape index (κ2) is 10.4. The van der Waals surface area contributed by atoms with Crippen molar-refractivity contribution in [2.45, 2.75) is 86.8 Å². The van der Waals surface area contributed by atoms with Crippen molar-refractivity contribution in [3.05, 3.63) is 23.8 Å². The van der Waals surface area contributed by atoms with Crippen molar-refractivity contribution in [1.82, 2.24) is 14.5 Å². The minimum absolute atomic E-state index is 0.184. The number of nitrogens with zero attached hydrogens (tertiary/aromatic N) is 3. The van der Waals surface area contributed by atoms with Crippen molar-refractivity contribution in [3.8, 4) is 11.8 Å². The first-order valence-electron chi connectivity index (χ1n) is 14.4. The Bertz CT molecular complexity index is 1470. The number of halogens is 2. The average Bonchev–Trinajstić information content (AvgIpc) is 3.77. The predicted octanol–water partition coefficient (Wildman–Crippen LogP) is 2.04. The molecule has 0 aromatic heterocycles. The molecule has 1 saturated heterocycles. The lowest BCUT2D eigenvalue weighted by Crippen LogP contribution is -2.57. The van der Waals surface area contributed by atoms with Gasteiger partial charge in [0, 0.05) is 25.6 Å². The summed E-state index contributed by atoms with van der Waals surface area (Å²) < 4.78 is 62.2. The van der Waals surface area contributed by atoms with Crippen LogP contribution in [0.25, 0.3) is 0 Å². The molecule has 1 spiro atoms. The lowest BCUT2D eigenvalue weighted by molar-refractivity contribution is -0.147. The number of rotatable bonds is 10. The number of nitrogens with one attached hydrogen (secondary N) is 2. The first kappa shape index (κ1) is 28.8. The molecule has 4 atom stereocenters. The molecule has 3 amide bonds. The Morgan fingerprint density at radius 1 is 1.19 bits per heavy atom. The zero-order valence-electron chi connectivity index (χ0n) is 23.1. The number of likely N-dealkylation sites (tertiary alicyclic amines) is 1. The molecule has 2 heterocycles. The number of carbonyl (C=O) groups excluding carboxylic acids is 3. The summed E-state index contributed by atoms with van der Waals surface area (Å²) in [5.74, 6) is -3.61. The number of amides is 3. The molecule has 1 aromatic carbocycles. The Morgan fingerprint density at radius 2 is 1.86 bits per heavy atom. The summed E-state index contributed by atoms with van der Waals surface area (Å²) in [4.78, 5) is 43.5. The highest BCUT2D eigenvalue weighted by Gasteiger charge is 2.57. The quantitative estimate of drug-likeness (QED) is 0.415. The van der Waals surface area contributed by atoms with Gasteiger partial charge in [-0.3, -0.25) is 14.4 Å². The highest BCUT2D eigenvalue weighted by atomic mass is 32.2.